The second-order valence-corrected chi connectivity index (χ2v) is 5.85. The Morgan fingerprint density at radius 2 is 1.89 bits per heavy atom. The van der Waals surface area contributed by atoms with Crippen LogP contribution in [-0.2, 0) is 17.5 Å². The van der Waals surface area contributed by atoms with E-state index in [1.54, 1.807) is 23.0 Å². The molecule has 27 heavy (non-hydrogen) atoms. The van der Waals surface area contributed by atoms with Crippen molar-refractivity contribution in [2.75, 3.05) is 5.32 Å². The highest BCUT2D eigenvalue weighted by Gasteiger charge is 2.30. The first-order valence-electron chi connectivity index (χ1n) is 8.13. The van der Waals surface area contributed by atoms with E-state index in [0.717, 1.165) is 17.7 Å². The van der Waals surface area contributed by atoms with Crippen LogP contribution in [0.4, 0.5) is 18.9 Å². The molecule has 1 N–H and O–H groups in total. The van der Waals surface area contributed by atoms with Crippen molar-refractivity contribution in [3.8, 4) is 0 Å². The first kappa shape index (κ1) is 18.4. The Morgan fingerprint density at radius 3 is 2.56 bits per heavy atom. The number of alkyl halides is 3. The maximum absolute atomic E-state index is 12.7. The van der Waals surface area contributed by atoms with Crippen molar-refractivity contribution in [2.45, 2.75) is 12.7 Å². The molecule has 1 amide bonds. The topological polar surface area (TPSA) is 46.9 Å². The SMILES string of the molecule is O=C(/C=C/c1cccc(C(F)(F)F)c1)Nc1ccc(Cn2cccn2)cc1. The summed E-state index contributed by atoms with van der Waals surface area (Å²) >= 11 is 0. The van der Waals surface area contributed by atoms with Crippen LogP contribution in [0.3, 0.4) is 0 Å². The van der Waals surface area contributed by atoms with Crippen LogP contribution in [0.25, 0.3) is 6.08 Å². The molecule has 0 unspecified atom stereocenters. The molecule has 0 aliphatic carbocycles. The minimum absolute atomic E-state index is 0.301. The van der Waals surface area contributed by atoms with E-state index in [-0.39, 0.29) is 0 Å². The molecule has 0 spiro atoms. The van der Waals surface area contributed by atoms with E-state index >= 15 is 0 Å². The predicted molar refractivity (Wildman–Crippen MR) is 96.9 cm³/mol. The highest BCUT2D eigenvalue weighted by Crippen LogP contribution is 2.29. The minimum Gasteiger partial charge on any atom is -0.323 e. The zero-order valence-electron chi connectivity index (χ0n) is 14.1. The first-order chi connectivity index (χ1) is 12.9. The van der Waals surface area contributed by atoms with Crippen molar-refractivity contribution >= 4 is 17.7 Å². The number of rotatable bonds is 5. The van der Waals surface area contributed by atoms with Gasteiger partial charge in [0.15, 0.2) is 0 Å². The van der Waals surface area contributed by atoms with Crippen molar-refractivity contribution in [3.63, 3.8) is 0 Å². The third kappa shape index (κ3) is 5.31. The number of aromatic nitrogens is 2. The number of carbonyl (C=O) groups is 1. The Labute approximate surface area is 153 Å². The standard InChI is InChI=1S/C20H16F3N3O/c21-20(22,23)17-4-1-3-15(13-17)7-10-19(27)25-18-8-5-16(6-9-18)14-26-12-2-11-24-26/h1-13H,14H2,(H,25,27)/b10-7+. The van der Waals surface area contributed by atoms with Crippen molar-refractivity contribution in [1.29, 1.82) is 0 Å². The number of halogens is 3. The van der Waals surface area contributed by atoms with Gasteiger partial charge in [-0.3, -0.25) is 9.48 Å². The third-order valence-electron chi connectivity index (χ3n) is 3.77. The van der Waals surface area contributed by atoms with E-state index in [2.05, 4.69) is 10.4 Å². The summed E-state index contributed by atoms with van der Waals surface area (Å²) in [6, 6.07) is 13.9. The maximum atomic E-state index is 12.7. The number of anilines is 1. The zero-order valence-corrected chi connectivity index (χ0v) is 14.1. The van der Waals surface area contributed by atoms with Crippen molar-refractivity contribution < 1.29 is 18.0 Å². The van der Waals surface area contributed by atoms with Gasteiger partial charge >= 0.3 is 6.18 Å². The second kappa shape index (κ2) is 7.90. The molecule has 0 saturated heterocycles. The fourth-order valence-electron chi connectivity index (χ4n) is 2.45. The molecule has 3 rings (SSSR count). The average molecular weight is 371 g/mol. The lowest BCUT2D eigenvalue weighted by molar-refractivity contribution is -0.137. The summed E-state index contributed by atoms with van der Waals surface area (Å²) in [5, 5.41) is 6.80. The van der Waals surface area contributed by atoms with E-state index < -0.39 is 17.6 Å². The molecule has 0 saturated carbocycles. The van der Waals surface area contributed by atoms with Crippen LogP contribution in [0, 0.1) is 0 Å². The maximum Gasteiger partial charge on any atom is 0.416 e. The molecule has 138 valence electrons. The molecule has 0 atom stereocenters. The first-order valence-corrected chi connectivity index (χ1v) is 8.13. The van der Waals surface area contributed by atoms with Crippen LogP contribution in [0.15, 0.2) is 73.1 Å². The van der Waals surface area contributed by atoms with Gasteiger partial charge in [0.1, 0.15) is 0 Å². The Hall–Kier alpha value is -3.35. The van der Waals surface area contributed by atoms with Gasteiger partial charge < -0.3 is 5.32 Å². The average Bonchev–Trinajstić information content (AvgIpc) is 3.14. The van der Waals surface area contributed by atoms with Gasteiger partial charge in [-0.25, -0.2) is 0 Å². The molecule has 0 fully saturated rings. The van der Waals surface area contributed by atoms with E-state index in [4.69, 9.17) is 0 Å². The van der Waals surface area contributed by atoms with Crippen molar-refractivity contribution in [3.05, 3.63) is 89.8 Å². The molecule has 7 heteroatoms. The van der Waals surface area contributed by atoms with Crippen LogP contribution < -0.4 is 5.32 Å². The smallest absolute Gasteiger partial charge is 0.323 e. The number of nitrogens with one attached hydrogen (secondary N) is 1. The van der Waals surface area contributed by atoms with Gasteiger partial charge in [0, 0.05) is 24.2 Å². The summed E-state index contributed by atoms with van der Waals surface area (Å²) in [6.45, 7) is 0.622. The summed E-state index contributed by atoms with van der Waals surface area (Å²) in [4.78, 5) is 12.0. The number of nitrogens with zero attached hydrogens (tertiary/aromatic N) is 2. The van der Waals surface area contributed by atoms with E-state index in [1.165, 1.54) is 24.3 Å². The summed E-state index contributed by atoms with van der Waals surface area (Å²) < 4.78 is 39.9. The number of carbonyl (C=O) groups excluding carboxylic acids is 1. The highest BCUT2D eigenvalue weighted by molar-refractivity contribution is 6.01. The fourth-order valence-corrected chi connectivity index (χ4v) is 2.45. The number of hydrogen-bond acceptors (Lipinski definition) is 2. The lowest BCUT2D eigenvalue weighted by Crippen LogP contribution is -2.08. The molecule has 1 heterocycles. The summed E-state index contributed by atoms with van der Waals surface area (Å²) in [5.74, 6) is -0.424. The largest absolute Gasteiger partial charge is 0.416 e. The monoisotopic (exact) mass is 371 g/mol. The van der Waals surface area contributed by atoms with Crippen LogP contribution in [0.1, 0.15) is 16.7 Å². The molecule has 0 aliphatic heterocycles. The van der Waals surface area contributed by atoms with Crippen molar-refractivity contribution in [2.24, 2.45) is 0 Å². The van der Waals surface area contributed by atoms with Gasteiger partial charge in [0.2, 0.25) is 5.91 Å². The van der Waals surface area contributed by atoms with Gasteiger partial charge in [0.25, 0.3) is 0 Å². The molecule has 0 radical (unpaired) electrons. The molecule has 0 aliphatic rings. The third-order valence-corrected chi connectivity index (χ3v) is 3.77. The minimum atomic E-state index is -4.41. The van der Waals surface area contributed by atoms with Gasteiger partial charge in [0.05, 0.1) is 12.1 Å². The number of benzene rings is 2. The van der Waals surface area contributed by atoms with Gasteiger partial charge in [-0.15, -0.1) is 0 Å². The van der Waals surface area contributed by atoms with E-state index in [0.29, 0.717) is 17.8 Å². The van der Waals surface area contributed by atoms with Gasteiger partial charge in [-0.05, 0) is 47.5 Å². The molecule has 0 bridgehead atoms. The lowest BCUT2D eigenvalue weighted by Gasteiger charge is -2.07. The molecule has 1 aromatic heterocycles. The van der Waals surface area contributed by atoms with Crippen molar-refractivity contribution in [1.82, 2.24) is 9.78 Å². The van der Waals surface area contributed by atoms with Gasteiger partial charge in [-0.1, -0.05) is 24.3 Å². The fraction of sp³-hybridized carbons (Fsp3) is 0.100. The second-order valence-electron chi connectivity index (χ2n) is 5.85. The molecule has 4 nitrogen and oxygen atoms in total. The number of hydrogen-bond donors (Lipinski definition) is 1. The summed E-state index contributed by atoms with van der Waals surface area (Å²) in [5.41, 5.74) is 1.17. The quantitative estimate of drug-likeness (QED) is 0.666. The highest BCUT2D eigenvalue weighted by atomic mass is 19.4. The van der Waals surface area contributed by atoms with Crippen LogP contribution in [-0.4, -0.2) is 15.7 Å². The Morgan fingerprint density at radius 1 is 1.11 bits per heavy atom. The molecule has 2 aromatic carbocycles. The Kier molecular flexibility index (Phi) is 5.40. The Bertz CT molecular complexity index is 930. The molecular formula is C20H16F3N3O. The van der Waals surface area contributed by atoms with E-state index in [1.807, 2.05) is 24.4 Å². The lowest BCUT2D eigenvalue weighted by atomic mass is 10.1. The Balaban J connectivity index is 1.60. The normalized spacial score (nSPS) is 11.7. The summed E-state index contributed by atoms with van der Waals surface area (Å²) in [7, 11) is 0. The van der Waals surface area contributed by atoms with Crippen LogP contribution in [0.2, 0.25) is 0 Å². The number of amides is 1. The van der Waals surface area contributed by atoms with E-state index in [9.17, 15) is 18.0 Å². The van der Waals surface area contributed by atoms with Crippen LogP contribution in [0.5, 0.6) is 0 Å². The van der Waals surface area contributed by atoms with Crippen LogP contribution >= 0.6 is 0 Å². The van der Waals surface area contributed by atoms with Gasteiger partial charge in [-0.2, -0.15) is 18.3 Å². The summed E-state index contributed by atoms with van der Waals surface area (Å²) in [6.07, 6.45) is 1.69. The zero-order chi connectivity index (χ0) is 19.3. The molecular weight excluding hydrogens is 355 g/mol. The predicted octanol–water partition coefficient (Wildman–Crippen LogP) is 4.60. The molecule has 3 aromatic rings.